The number of anilines is 1. The zero-order chi connectivity index (χ0) is 12.8. The SMILES string of the molecule is C1CCOC1.CN(C)c1cccc2ccc[c-]c12.[Li+]. The minimum atomic E-state index is 0. The Kier molecular flexibility index (Phi) is 7.02. The van der Waals surface area contributed by atoms with E-state index in [1.54, 1.807) is 0 Å². The van der Waals surface area contributed by atoms with Gasteiger partial charge < -0.3 is 9.64 Å². The van der Waals surface area contributed by atoms with E-state index < -0.39 is 0 Å². The first-order chi connectivity index (χ1) is 8.79. The van der Waals surface area contributed by atoms with Crippen LogP contribution in [0.5, 0.6) is 0 Å². The van der Waals surface area contributed by atoms with Crippen molar-refractivity contribution in [3.63, 3.8) is 0 Å². The number of nitrogens with zero attached hydrogens (tertiary/aromatic N) is 1. The van der Waals surface area contributed by atoms with Crippen molar-refractivity contribution in [2.75, 3.05) is 32.2 Å². The predicted molar refractivity (Wildman–Crippen MR) is 77.2 cm³/mol. The van der Waals surface area contributed by atoms with Crippen LogP contribution in [-0.2, 0) is 4.74 Å². The Morgan fingerprint density at radius 1 is 1.05 bits per heavy atom. The zero-order valence-electron chi connectivity index (χ0n) is 12.1. The van der Waals surface area contributed by atoms with E-state index in [0.717, 1.165) is 13.2 Å². The molecule has 2 aromatic carbocycles. The van der Waals surface area contributed by atoms with Gasteiger partial charge >= 0.3 is 18.9 Å². The van der Waals surface area contributed by atoms with Crippen molar-refractivity contribution in [1.82, 2.24) is 0 Å². The number of ether oxygens (including phenoxy) is 1. The maximum Gasteiger partial charge on any atom is 1.00 e. The molecule has 1 fully saturated rings. The number of benzene rings is 2. The Morgan fingerprint density at radius 3 is 2.32 bits per heavy atom. The molecule has 1 saturated heterocycles. The van der Waals surface area contributed by atoms with Crippen molar-refractivity contribution in [3.05, 3.63) is 42.5 Å². The van der Waals surface area contributed by atoms with E-state index in [1.165, 1.54) is 29.3 Å². The molecule has 0 bridgehead atoms. The Morgan fingerprint density at radius 2 is 1.74 bits per heavy atom. The van der Waals surface area contributed by atoms with E-state index in [1.807, 2.05) is 12.1 Å². The molecule has 0 radical (unpaired) electrons. The molecule has 0 amide bonds. The maximum atomic E-state index is 4.94. The maximum absolute atomic E-state index is 4.94. The first kappa shape index (κ1) is 16.1. The quantitative estimate of drug-likeness (QED) is 0.539. The van der Waals surface area contributed by atoms with Gasteiger partial charge in [-0.3, -0.25) is 0 Å². The summed E-state index contributed by atoms with van der Waals surface area (Å²) in [7, 11) is 4.10. The summed E-state index contributed by atoms with van der Waals surface area (Å²) < 4.78 is 4.94. The molecule has 19 heavy (non-hydrogen) atoms. The Hall–Kier alpha value is -0.943. The molecule has 0 N–H and O–H groups in total. The normalized spacial score (nSPS) is 13.4. The van der Waals surface area contributed by atoms with Crippen LogP contribution >= 0.6 is 0 Å². The molecule has 2 aromatic rings. The van der Waals surface area contributed by atoms with Crippen LogP contribution in [0.4, 0.5) is 5.69 Å². The average Bonchev–Trinajstić information content (AvgIpc) is 2.97. The number of hydrogen-bond donors (Lipinski definition) is 0. The topological polar surface area (TPSA) is 12.5 Å². The monoisotopic (exact) mass is 249 g/mol. The van der Waals surface area contributed by atoms with Crippen LogP contribution < -0.4 is 23.8 Å². The van der Waals surface area contributed by atoms with Crippen LogP contribution in [0.3, 0.4) is 0 Å². The van der Waals surface area contributed by atoms with Crippen molar-refractivity contribution in [1.29, 1.82) is 0 Å². The second-order valence-corrected chi connectivity index (χ2v) is 4.63. The third-order valence-electron chi connectivity index (χ3n) is 2.98. The Balaban J connectivity index is 0.000000256. The van der Waals surface area contributed by atoms with E-state index in [0.29, 0.717) is 0 Å². The summed E-state index contributed by atoms with van der Waals surface area (Å²) in [5, 5.41) is 2.43. The van der Waals surface area contributed by atoms with E-state index >= 15 is 0 Å². The molecule has 3 rings (SSSR count). The van der Waals surface area contributed by atoms with Gasteiger partial charge in [0.15, 0.2) is 0 Å². The molecule has 0 atom stereocenters. The molecule has 96 valence electrons. The molecular formula is C16H20LiNO. The first-order valence-corrected chi connectivity index (χ1v) is 6.43. The van der Waals surface area contributed by atoms with Crippen LogP contribution in [0, 0.1) is 6.07 Å². The third-order valence-corrected chi connectivity index (χ3v) is 2.98. The molecule has 0 unspecified atom stereocenters. The van der Waals surface area contributed by atoms with Gasteiger partial charge in [0.25, 0.3) is 0 Å². The minimum absolute atomic E-state index is 0. The number of fused-ring (bicyclic) bond motifs is 1. The van der Waals surface area contributed by atoms with E-state index in [2.05, 4.69) is 49.3 Å². The summed E-state index contributed by atoms with van der Waals surface area (Å²) >= 11 is 0. The largest absolute Gasteiger partial charge is 1.00 e. The van der Waals surface area contributed by atoms with Crippen LogP contribution in [0.1, 0.15) is 12.8 Å². The average molecular weight is 249 g/mol. The Labute approximate surface area is 127 Å². The van der Waals surface area contributed by atoms with Crippen molar-refractivity contribution in [3.8, 4) is 0 Å². The fraction of sp³-hybridized carbons (Fsp3) is 0.375. The molecule has 2 nitrogen and oxygen atoms in total. The molecule has 0 spiro atoms. The molecule has 0 aliphatic carbocycles. The minimum Gasteiger partial charge on any atom is -0.415 e. The molecule has 0 saturated carbocycles. The third kappa shape index (κ3) is 4.58. The fourth-order valence-corrected chi connectivity index (χ4v) is 2.02. The molecule has 1 aliphatic rings. The van der Waals surface area contributed by atoms with Crippen molar-refractivity contribution < 1.29 is 23.6 Å². The van der Waals surface area contributed by atoms with Gasteiger partial charge in [-0.1, -0.05) is 18.2 Å². The summed E-state index contributed by atoms with van der Waals surface area (Å²) in [6.07, 6.45) is 2.56. The van der Waals surface area contributed by atoms with Crippen LogP contribution in [-0.4, -0.2) is 27.3 Å². The van der Waals surface area contributed by atoms with Gasteiger partial charge in [-0.15, -0.1) is 35.0 Å². The molecule has 3 heteroatoms. The van der Waals surface area contributed by atoms with Gasteiger partial charge in [0.05, 0.1) is 0 Å². The summed E-state index contributed by atoms with van der Waals surface area (Å²) in [6.45, 7) is 2.00. The molecule has 1 heterocycles. The van der Waals surface area contributed by atoms with E-state index in [-0.39, 0.29) is 18.9 Å². The smallest absolute Gasteiger partial charge is 0.415 e. The van der Waals surface area contributed by atoms with Gasteiger partial charge in [0.1, 0.15) is 0 Å². The zero-order valence-corrected chi connectivity index (χ0v) is 12.1. The molecule has 1 aliphatic heterocycles. The summed E-state index contributed by atoms with van der Waals surface area (Å²) in [6, 6.07) is 15.6. The standard InChI is InChI=1S/C12H12N.C4H8O.Li/c1-13(2)12-9-5-7-10-6-3-4-8-11(10)12;1-2-4-5-3-1;/h3-7,9H,1-2H3;1-4H2;/q-1;;+1. The summed E-state index contributed by atoms with van der Waals surface area (Å²) in [4.78, 5) is 2.11. The van der Waals surface area contributed by atoms with E-state index in [4.69, 9.17) is 4.74 Å². The fourth-order valence-electron chi connectivity index (χ4n) is 2.02. The van der Waals surface area contributed by atoms with Gasteiger partial charge in [-0.2, -0.15) is 0 Å². The predicted octanol–water partition coefficient (Wildman–Crippen LogP) is 0.507. The van der Waals surface area contributed by atoms with Gasteiger partial charge in [0, 0.05) is 13.2 Å². The van der Waals surface area contributed by atoms with Crippen molar-refractivity contribution in [2.45, 2.75) is 12.8 Å². The Bertz CT molecular complexity index is 482. The molecular weight excluding hydrogens is 229 g/mol. The second kappa shape index (κ2) is 8.27. The molecule has 0 aromatic heterocycles. The van der Waals surface area contributed by atoms with Crippen LogP contribution in [0.2, 0.25) is 0 Å². The van der Waals surface area contributed by atoms with Crippen molar-refractivity contribution in [2.24, 2.45) is 0 Å². The van der Waals surface area contributed by atoms with E-state index in [9.17, 15) is 0 Å². The van der Waals surface area contributed by atoms with Gasteiger partial charge in [0.2, 0.25) is 0 Å². The first-order valence-electron chi connectivity index (χ1n) is 6.43. The number of hydrogen-bond acceptors (Lipinski definition) is 2. The summed E-state index contributed by atoms with van der Waals surface area (Å²) in [5.74, 6) is 0. The second-order valence-electron chi connectivity index (χ2n) is 4.63. The van der Waals surface area contributed by atoms with Crippen molar-refractivity contribution >= 4 is 16.5 Å². The van der Waals surface area contributed by atoms with Crippen LogP contribution in [0.15, 0.2) is 36.4 Å². The van der Waals surface area contributed by atoms with Gasteiger partial charge in [-0.05, 0) is 32.6 Å². The summed E-state index contributed by atoms with van der Waals surface area (Å²) in [5.41, 5.74) is 1.22. The van der Waals surface area contributed by atoms with Gasteiger partial charge in [-0.25, -0.2) is 0 Å². The van der Waals surface area contributed by atoms with Crippen LogP contribution in [0.25, 0.3) is 10.8 Å². The number of rotatable bonds is 1.